The summed E-state index contributed by atoms with van der Waals surface area (Å²) in [5.74, 6) is 0.525. The lowest BCUT2D eigenvalue weighted by Gasteiger charge is -2.25. The first kappa shape index (κ1) is 30.8. The van der Waals surface area contributed by atoms with E-state index in [2.05, 4.69) is 39.7 Å². The van der Waals surface area contributed by atoms with E-state index in [-0.39, 0.29) is 24.2 Å². The van der Waals surface area contributed by atoms with Crippen LogP contribution < -0.4 is 5.56 Å². The lowest BCUT2D eigenvalue weighted by Crippen LogP contribution is -2.29. The van der Waals surface area contributed by atoms with E-state index >= 15 is 0 Å². The number of carbonyl (C=O) groups is 1. The Kier molecular flexibility index (Phi) is 8.28. The second-order valence-electron chi connectivity index (χ2n) is 12.6. The molecule has 8 rings (SSSR count). The Morgan fingerprint density at radius 3 is 2.43 bits per heavy atom. The summed E-state index contributed by atoms with van der Waals surface area (Å²) in [6, 6.07) is 31.5. The van der Waals surface area contributed by atoms with E-state index in [0.29, 0.717) is 36.2 Å². The Bertz CT molecular complexity index is 2170. The third-order valence-electron chi connectivity index (χ3n) is 9.44. The van der Waals surface area contributed by atoms with Gasteiger partial charge in [0.1, 0.15) is 24.5 Å². The monoisotopic (exact) mass is 653 g/mol. The molecule has 6 aromatic rings. The second kappa shape index (κ2) is 13.2. The normalized spacial score (nSPS) is 19.0. The Labute approximate surface area is 282 Å². The van der Waals surface area contributed by atoms with Gasteiger partial charge in [-0.05, 0) is 51.6 Å². The van der Waals surface area contributed by atoms with Crippen LogP contribution >= 0.6 is 0 Å². The van der Waals surface area contributed by atoms with Gasteiger partial charge in [0, 0.05) is 18.5 Å². The Balaban J connectivity index is 1.15. The number of benzene rings is 4. The topological polar surface area (TPSA) is 128 Å². The smallest absolute Gasteiger partial charge is 0.313 e. The van der Waals surface area contributed by atoms with E-state index in [0.717, 1.165) is 52.0 Å². The minimum Gasteiger partial charge on any atom is -0.462 e. The number of hydroxylamine groups is 2. The Morgan fingerprint density at radius 2 is 1.65 bits per heavy atom. The number of fused-ring (bicyclic) bond motifs is 2. The standard InChI is InChI=1S/C38H35N7O4/c1-2-3-13-33-39-31-19-18-27(35-34-32(23-48-38(34)47)49-45(35)22-24-9-5-4-6-10-24)20-30(31)37(46)44(33)21-25-14-16-26(17-15-25)28-11-7-8-12-29(28)36-40-42-43-41-36/h4-12,14-20,32,34-35H,2-3,13,21-23H2,1H3,(H,40,41,42,43)/t32-,34+,35-/m1/s1. The van der Waals surface area contributed by atoms with Gasteiger partial charge in [0.2, 0.25) is 5.82 Å². The summed E-state index contributed by atoms with van der Waals surface area (Å²) >= 11 is 0. The summed E-state index contributed by atoms with van der Waals surface area (Å²) in [7, 11) is 0. The molecule has 2 saturated heterocycles. The molecule has 2 fully saturated rings. The van der Waals surface area contributed by atoms with Gasteiger partial charge in [-0.3, -0.25) is 19.0 Å². The maximum absolute atomic E-state index is 14.4. The highest BCUT2D eigenvalue weighted by Crippen LogP contribution is 2.44. The molecule has 49 heavy (non-hydrogen) atoms. The van der Waals surface area contributed by atoms with E-state index in [1.54, 1.807) is 4.57 Å². The van der Waals surface area contributed by atoms with Gasteiger partial charge in [0.25, 0.3) is 5.56 Å². The highest BCUT2D eigenvalue weighted by atomic mass is 16.7. The van der Waals surface area contributed by atoms with Crippen LogP contribution in [0.15, 0.2) is 102 Å². The van der Waals surface area contributed by atoms with Crippen molar-refractivity contribution in [3.8, 4) is 22.5 Å². The van der Waals surface area contributed by atoms with Crippen molar-refractivity contribution in [1.82, 2.24) is 35.2 Å². The second-order valence-corrected chi connectivity index (χ2v) is 12.6. The van der Waals surface area contributed by atoms with Crippen LogP contribution in [-0.2, 0) is 33.9 Å². The molecule has 0 bridgehead atoms. The van der Waals surface area contributed by atoms with Crippen molar-refractivity contribution in [2.24, 2.45) is 5.92 Å². The predicted molar refractivity (Wildman–Crippen MR) is 183 cm³/mol. The van der Waals surface area contributed by atoms with E-state index in [1.807, 2.05) is 90.0 Å². The maximum Gasteiger partial charge on any atom is 0.313 e. The number of aromatic amines is 1. The van der Waals surface area contributed by atoms with Gasteiger partial charge in [-0.25, -0.2) is 4.98 Å². The molecule has 0 unspecified atom stereocenters. The number of hydrogen-bond donors (Lipinski definition) is 1. The minimum absolute atomic E-state index is 0.108. The summed E-state index contributed by atoms with van der Waals surface area (Å²) in [4.78, 5) is 38.6. The summed E-state index contributed by atoms with van der Waals surface area (Å²) in [6.45, 7) is 3.22. The molecular formula is C38H35N7O4. The number of aryl methyl sites for hydroxylation is 1. The molecule has 2 aliphatic rings. The molecule has 246 valence electrons. The largest absolute Gasteiger partial charge is 0.462 e. The highest BCUT2D eigenvalue weighted by molar-refractivity contribution is 5.81. The van der Waals surface area contributed by atoms with Crippen molar-refractivity contribution in [3.63, 3.8) is 0 Å². The van der Waals surface area contributed by atoms with Crippen molar-refractivity contribution in [2.45, 2.75) is 51.4 Å². The Morgan fingerprint density at radius 1 is 0.878 bits per heavy atom. The predicted octanol–water partition coefficient (Wildman–Crippen LogP) is 5.66. The number of cyclic esters (lactones) is 1. The van der Waals surface area contributed by atoms with Crippen molar-refractivity contribution in [3.05, 3.63) is 130 Å². The maximum atomic E-state index is 14.4. The van der Waals surface area contributed by atoms with Crippen molar-refractivity contribution in [2.75, 3.05) is 6.61 Å². The summed E-state index contributed by atoms with van der Waals surface area (Å²) < 4.78 is 7.20. The molecule has 4 aromatic carbocycles. The third kappa shape index (κ3) is 5.92. The van der Waals surface area contributed by atoms with Crippen LogP contribution in [0.25, 0.3) is 33.4 Å². The van der Waals surface area contributed by atoms with Crippen LogP contribution in [0, 0.1) is 5.92 Å². The van der Waals surface area contributed by atoms with E-state index in [1.165, 1.54) is 0 Å². The van der Waals surface area contributed by atoms with Crippen molar-refractivity contribution < 1.29 is 14.4 Å². The van der Waals surface area contributed by atoms with Gasteiger partial charge >= 0.3 is 5.97 Å². The molecule has 11 heteroatoms. The van der Waals surface area contributed by atoms with Crippen LogP contribution in [0.5, 0.6) is 0 Å². The fourth-order valence-corrected chi connectivity index (χ4v) is 6.97. The summed E-state index contributed by atoms with van der Waals surface area (Å²) in [5, 5.41) is 16.9. The number of nitrogens with zero attached hydrogens (tertiary/aromatic N) is 6. The SMILES string of the molecule is CCCCc1nc2ccc([C@@H]3[C@H]4C(=O)OC[C@H]4ON3Cc3ccccc3)cc2c(=O)n1Cc1ccc(-c2ccccc2-c2nn[nH]n2)cc1. The summed E-state index contributed by atoms with van der Waals surface area (Å²) in [6.07, 6.45) is 2.22. The van der Waals surface area contributed by atoms with Gasteiger partial charge in [-0.1, -0.05) is 98.3 Å². The number of hydrogen-bond acceptors (Lipinski definition) is 9. The molecule has 0 aliphatic carbocycles. The van der Waals surface area contributed by atoms with Gasteiger partial charge in [0.05, 0.1) is 23.5 Å². The zero-order valence-corrected chi connectivity index (χ0v) is 27.0. The van der Waals surface area contributed by atoms with E-state index in [9.17, 15) is 9.59 Å². The lowest BCUT2D eigenvalue weighted by atomic mass is 9.90. The van der Waals surface area contributed by atoms with Crippen LogP contribution in [-0.4, -0.2) is 53.9 Å². The number of rotatable bonds is 10. The molecule has 4 heterocycles. The average Bonchev–Trinajstić information content (AvgIpc) is 3.88. The number of unbranched alkanes of at least 4 members (excludes halogenated alkanes) is 1. The third-order valence-corrected chi connectivity index (χ3v) is 9.44. The summed E-state index contributed by atoms with van der Waals surface area (Å²) in [5.41, 5.74) is 6.28. The fraction of sp³-hybridized carbons (Fsp3) is 0.263. The molecule has 3 atom stereocenters. The highest BCUT2D eigenvalue weighted by Gasteiger charge is 2.53. The zero-order valence-electron chi connectivity index (χ0n) is 27.0. The van der Waals surface area contributed by atoms with Crippen LogP contribution in [0.1, 0.15) is 48.3 Å². The van der Waals surface area contributed by atoms with Crippen LogP contribution in [0.2, 0.25) is 0 Å². The van der Waals surface area contributed by atoms with E-state index < -0.39 is 12.0 Å². The number of esters is 1. The first-order valence-corrected chi connectivity index (χ1v) is 16.7. The average molecular weight is 654 g/mol. The van der Waals surface area contributed by atoms with Crippen molar-refractivity contribution >= 4 is 16.9 Å². The fourth-order valence-electron chi connectivity index (χ4n) is 6.97. The molecule has 11 nitrogen and oxygen atoms in total. The van der Waals surface area contributed by atoms with Gasteiger partial charge in [-0.15, -0.1) is 10.2 Å². The number of nitrogens with one attached hydrogen (secondary N) is 1. The molecule has 2 aliphatic heterocycles. The number of ether oxygens (including phenoxy) is 1. The molecule has 2 aromatic heterocycles. The Hall–Kier alpha value is -5.52. The number of carbonyl (C=O) groups excluding carboxylic acids is 1. The molecule has 1 N–H and O–H groups in total. The zero-order chi connectivity index (χ0) is 33.3. The van der Waals surface area contributed by atoms with Gasteiger partial charge in [-0.2, -0.15) is 10.3 Å². The number of aromatic nitrogens is 6. The van der Waals surface area contributed by atoms with Crippen molar-refractivity contribution in [1.29, 1.82) is 0 Å². The van der Waals surface area contributed by atoms with Gasteiger partial charge in [0.15, 0.2) is 0 Å². The molecule has 0 radical (unpaired) electrons. The molecule has 0 amide bonds. The van der Waals surface area contributed by atoms with E-state index in [4.69, 9.17) is 14.6 Å². The minimum atomic E-state index is -0.483. The van der Waals surface area contributed by atoms with Crippen LogP contribution in [0.4, 0.5) is 0 Å². The quantitative estimate of drug-likeness (QED) is 0.186. The van der Waals surface area contributed by atoms with Crippen LogP contribution in [0.3, 0.4) is 0 Å². The molecular weight excluding hydrogens is 618 g/mol. The molecule has 0 spiro atoms. The van der Waals surface area contributed by atoms with Gasteiger partial charge < -0.3 is 4.74 Å². The number of H-pyrrole nitrogens is 1. The number of tetrazole rings is 1. The first-order chi connectivity index (χ1) is 24.1. The first-order valence-electron chi connectivity index (χ1n) is 16.7. The lowest BCUT2D eigenvalue weighted by molar-refractivity contribution is -0.181. The molecule has 0 saturated carbocycles.